The summed E-state index contributed by atoms with van der Waals surface area (Å²) in [6.45, 7) is 3.86. The fraction of sp³-hybridized carbons (Fsp3) is 0.562. The number of carbonyl (C=O) groups excluding carboxylic acids is 2. The van der Waals surface area contributed by atoms with Gasteiger partial charge in [-0.2, -0.15) is 5.26 Å². The van der Waals surface area contributed by atoms with E-state index in [-0.39, 0.29) is 37.9 Å². The quantitative estimate of drug-likeness (QED) is 0.782. The van der Waals surface area contributed by atoms with Crippen LogP contribution in [0.15, 0.2) is 11.4 Å². The van der Waals surface area contributed by atoms with E-state index < -0.39 is 17.8 Å². The van der Waals surface area contributed by atoms with Gasteiger partial charge in [-0.1, -0.05) is 11.6 Å². The molecule has 2 heterocycles. The summed E-state index contributed by atoms with van der Waals surface area (Å²) in [7, 11) is 0. The first-order valence-corrected chi connectivity index (χ1v) is 9.08. The highest BCUT2D eigenvalue weighted by Crippen LogP contribution is 2.22. The van der Waals surface area contributed by atoms with Crippen molar-refractivity contribution >= 4 is 34.8 Å². The summed E-state index contributed by atoms with van der Waals surface area (Å²) >= 11 is 7.18. The fourth-order valence-electron chi connectivity index (χ4n) is 2.50. The normalized spacial score (nSPS) is 20.4. The van der Waals surface area contributed by atoms with Crippen molar-refractivity contribution in [3.05, 3.63) is 21.3 Å². The van der Waals surface area contributed by atoms with Gasteiger partial charge in [0.2, 0.25) is 5.91 Å². The molecule has 2 rings (SSSR count). The van der Waals surface area contributed by atoms with Crippen LogP contribution < -0.4 is 10.6 Å². The Labute approximate surface area is 154 Å². The van der Waals surface area contributed by atoms with E-state index in [9.17, 15) is 14.0 Å². The van der Waals surface area contributed by atoms with Crippen molar-refractivity contribution in [1.82, 2.24) is 15.5 Å². The Morgan fingerprint density at radius 3 is 2.88 bits per heavy atom. The summed E-state index contributed by atoms with van der Waals surface area (Å²) in [5.41, 5.74) is -0.563. The Balaban J connectivity index is 1.83. The minimum Gasteiger partial charge on any atom is -0.349 e. The van der Waals surface area contributed by atoms with Crippen molar-refractivity contribution in [2.75, 3.05) is 19.6 Å². The summed E-state index contributed by atoms with van der Waals surface area (Å²) in [4.78, 5) is 26.0. The average molecular weight is 387 g/mol. The predicted molar refractivity (Wildman–Crippen MR) is 94.4 cm³/mol. The average Bonchev–Trinajstić information content (AvgIpc) is 3.16. The van der Waals surface area contributed by atoms with Crippen LogP contribution in [-0.2, 0) is 4.79 Å². The van der Waals surface area contributed by atoms with Crippen LogP contribution in [0.2, 0.25) is 5.02 Å². The van der Waals surface area contributed by atoms with Crippen molar-refractivity contribution < 1.29 is 14.0 Å². The van der Waals surface area contributed by atoms with Gasteiger partial charge in [-0.3, -0.25) is 9.59 Å². The molecule has 1 aromatic rings. The van der Waals surface area contributed by atoms with E-state index in [2.05, 4.69) is 10.6 Å². The summed E-state index contributed by atoms with van der Waals surface area (Å²) in [5, 5.41) is 17.0. The van der Waals surface area contributed by atoms with Gasteiger partial charge in [0.1, 0.15) is 17.1 Å². The fourth-order valence-corrected chi connectivity index (χ4v) is 3.56. The largest absolute Gasteiger partial charge is 0.349 e. The topological polar surface area (TPSA) is 85.2 Å². The van der Waals surface area contributed by atoms with Gasteiger partial charge in [0.25, 0.3) is 5.91 Å². The van der Waals surface area contributed by atoms with Gasteiger partial charge in [0.05, 0.1) is 24.2 Å². The predicted octanol–water partition coefficient (Wildman–Crippen LogP) is 1.96. The highest BCUT2D eigenvalue weighted by Gasteiger charge is 2.35. The Morgan fingerprint density at radius 2 is 2.28 bits per heavy atom. The molecule has 0 unspecified atom stereocenters. The van der Waals surface area contributed by atoms with Crippen LogP contribution >= 0.6 is 22.9 Å². The molecule has 136 valence electrons. The van der Waals surface area contributed by atoms with E-state index >= 15 is 0 Å². The molecule has 2 amide bonds. The highest BCUT2D eigenvalue weighted by molar-refractivity contribution is 7.12. The number of rotatable bonds is 6. The SMILES string of the molecule is CC(C)(CNC(=O)c1sccc1Cl)NCC(=O)N1C[C@@H](F)C[C@H]1C#N. The number of nitrogens with one attached hydrogen (secondary N) is 2. The maximum Gasteiger partial charge on any atom is 0.262 e. The lowest BCUT2D eigenvalue weighted by atomic mass is 10.1. The Kier molecular flexibility index (Phi) is 6.38. The van der Waals surface area contributed by atoms with Crippen molar-refractivity contribution in [2.45, 2.75) is 38.0 Å². The molecule has 2 N–H and O–H groups in total. The molecule has 0 spiro atoms. The molecular weight excluding hydrogens is 367 g/mol. The highest BCUT2D eigenvalue weighted by atomic mass is 35.5. The van der Waals surface area contributed by atoms with Crippen LogP contribution in [0.5, 0.6) is 0 Å². The van der Waals surface area contributed by atoms with Gasteiger partial charge >= 0.3 is 0 Å². The number of alkyl halides is 1. The number of likely N-dealkylation sites (tertiary alicyclic amines) is 1. The molecule has 1 fully saturated rings. The number of amides is 2. The minimum atomic E-state index is -1.16. The first-order valence-electron chi connectivity index (χ1n) is 7.83. The summed E-state index contributed by atoms with van der Waals surface area (Å²) in [5.74, 6) is -0.599. The number of halogens is 2. The Bertz CT molecular complexity index is 688. The summed E-state index contributed by atoms with van der Waals surface area (Å²) in [6.07, 6.45) is -1.10. The molecule has 1 aromatic heterocycles. The molecule has 1 aliphatic rings. The van der Waals surface area contributed by atoms with Crippen LogP contribution in [0.3, 0.4) is 0 Å². The standard InChI is InChI=1S/C16H20ClFN4O2S/c1-16(2,9-20-15(24)14-12(17)3-4-25-14)21-7-13(23)22-8-10(18)5-11(22)6-19/h3-4,10-11,21H,5,7-9H2,1-2H3,(H,20,24)/t10-,11-/m0/s1. The molecule has 0 aromatic carbocycles. The minimum absolute atomic E-state index is 0.0342. The number of carbonyl (C=O) groups is 2. The third kappa shape index (κ3) is 5.14. The van der Waals surface area contributed by atoms with Crippen LogP contribution in [0.4, 0.5) is 4.39 Å². The number of hydrogen-bond acceptors (Lipinski definition) is 5. The molecule has 0 saturated carbocycles. The monoisotopic (exact) mass is 386 g/mol. The second-order valence-electron chi connectivity index (χ2n) is 6.54. The molecule has 6 nitrogen and oxygen atoms in total. The number of nitriles is 1. The van der Waals surface area contributed by atoms with Crippen molar-refractivity contribution in [2.24, 2.45) is 0 Å². The third-order valence-corrected chi connectivity index (χ3v) is 5.29. The maximum atomic E-state index is 13.4. The zero-order valence-electron chi connectivity index (χ0n) is 14.0. The lowest BCUT2D eigenvalue weighted by Gasteiger charge is -2.28. The van der Waals surface area contributed by atoms with E-state index in [1.165, 1.54) is 16.2 Å². The zero-order valence-corrected chi connectivity index (χ0v) is 15.6. The zero-order chi connectivity index (χ0) is 18.6. The summed E-state index contributed by atoms with van der Waals surface area (Å²) < 4.78 is 13.4. The van der Waals surface area contributed by atoms with Crippen LogP contribution in [0.1, 0.15) is 29.9 Å². The number of hydrogen-bond donors (Lipinski definition) is 2. The van der Waals surface area contributed by atoms with Crippen LogP contribution in [0, 0.1) is 11.3 Å². The first kappa shape index (κ1) is 19.6. The van der Waals surface area contributed by atoms with E-state index in [1.54, 1.807) is 11.4 Å². The number of thiophene rings is 1. The van der Waals surface area contributed by atoms with Gasteiger partial charge in [-0.15, -0.1) is 11.3 Å². The third-order valence-electron chi connectivity index (χ3n) is 3.95. The smallest absolute Gasteiger partial charge is 0.262 e. The molecule has 0 bridgehead atoms. The Morgan fingerprint density at radius 1 is 1.56 bits per heavy atom. The molecule has 2 atom stereocenters. The van der Waals surface area contributed by atoms with E-state index in [0.717, 1.165) is 0 Å². The Hall–Kier alpha value is -1.69. The van der Waals surface area contributed by atoms with Crippen molar-refractivity contribution in [1.29, 1.82) is 5.26 Å². The second-order valence-corrected chi connectivity index (χ2v) is 7.87. The van der Waals surface area contributed by atoms with Gasteiger partial charge < -0.3 is 15.5 Å². The molecule has 1 saturated heterocycles. The number of nitrogens with zero attached hydrogens (tertiary/aromatic N) is 2. The van der Waals surface area contributed by atoms with Crippen LogP contribution in [0.25, 0.3) is 0 Å². The van der Waals surface area contributed by atoms with Gasteiger partial charge in [-0.25, -0.2) is 4.39 Å². The molecule has 1 aliphatic heterocycles. The molecule has 0 aliphatic carbocycles. The molecular formula is C16H20ClFN4O2S. The van der Waals surface area contributed by atoms with Gasteiger partial charge in [-0.05, 0) is 25.3 Å². The summed E-state index contributed by atoms with van der Waals surface area (Å²) in [6, 6.07) is 2.89. The molecule has 25 heavy (non-hydrogen) atoms. The van der Waals surface area contributed by atoms with E-state index in [4.69, 9.17) is 16.9 Å². The molecule has 9 heteroatoms. The van der Waals surface area contributed by atoms with Crippen molar-refractivity contribution in [3.8, 4) is 6.07 Å². The van der Waals surface area contributed by atoms with Gasteiger partial charge in [0, 0.05) is 18.5 Å². The molecule has 0 radical (unpaired) electrons. The maximum absolute atomic E-state index is 13.4. The van der Waals surface area contributed by atoms with Gasteiger partial charge in [0.15, 0.2) is 0 Å². The first-order chi connectivity index (χ1) is 11.7. The van der Waals surface area contributed by atoms with E-state index in [1.807, 2.05) is 19.9 Å². The second kappa shape index (κ2) is 8.13. The van der Waals surface area contributed by atoms with Crippen molar-refractivity contribution in [3.63, 3.8) is 0 Å². The lowest BCUT2D eigenvalue weighted by molar-refractivity contribution is -0.130. The lowest BCUT2D eigenvalue weighted by Crippen LogP contribution is -2.52. The van der Waals surface area contributed by atoms with Crippen LogP contribution in [-0.4, -0.2) is 54.1 Å². The van der Waals surface area contributed by atoms with E-state index in [0.29, 0.717) is 9.90 Å².